The van der Waals surface area contributed by atoms with E-state index >= 15 is 0 Å². The Labute approximate surface area is 126 Å². The highest BCUT2D eigenvalue weighted by Crippen LogP contribution is 2.21. The van der Waals surface area contributed by atoms with E-state index in [0.29, 0.717) is 13.1 Å². The lowest BCUT2D eigenvalue weighted by Crippen LogP contribution is -2.52. The second kappa shape index (κ2) is 6.16. The number of hydrogen-bond donors (Lipinski definition) is 3. The third-order valence-corrected chi connectivity index (χ3v) is 3.48. The number of rotatable bonds is 4. The van der Waals surface area contributed by atoms with Gasteiger partial charge in [0.25, 0.3) is 5.91 Å². The van der Waals surface area contributed by atoms with Gasteiger partial charge in [0.1, 0.15) is 0 Å². The third kappa shape index (κ3) is 2.81. The summed E-state index contributed by atoms with van der Waals surface area (Å²) in [5.41, 5.74) is -0.844. The summed E-state index contributed by atoms with van der Waals surface area (Å²) in [7, 11) is 1.52. The molecule has 1 aromatic heterocycles. The van der Waals surface area contributed by atoms with Crippen LogP contribution in [-0.2, 0) is 18.1 Å². The number of aliphatic hydroxyl groups excluding tert-OH is 1. The Kier molecular flexibility index (Phi) is 4.48. The van der Waals surface area contributed by atoms with E-state index in [9.17, 15) is 19.5 Å². The van der Waals surface area contributed by atoms with Crippen molar-refractivity contribution in [2.75, 3.05) is 20.1 Å². The molecule has 2 heterocycles. The van der Waals surface area contributed by atoms with Crippen LogP contribution in [0.5, 0.6) is 5.75 Å². The molecule has 2 amide bonds. The molecule has 0 unspecified atom stereocenters. The zero-order chi connectivity index (χ0) is 16.4. The van der Waals surface area contributed by atoms with Crippen LogP contribution in [0.1, 0.15) is 23.0 Å². The second-order valence-electron chi connectivity index (χ2n) is 4.99. The van der Waals surface area contributed by atoms with Crippen LogP contribution in [0.3, 0.4) is 0 Å². The highest BCUT2D eigenvalue weighted by molar-refractivity contribution is 5.95. The highest BCUT2D eigenvalue weighted by atomic mass is 16.3. The molecule has 0 saturated carbocycles. The summed E-state index contributed by atoms with van der Waals surface area (Å²) in [5.74, 6) is -1.37. The first-order valence-electron chi connectivity index (χ1n) is 6.70. The zero-order valence-corrected chi connectivity index (χ0v) is 12.4. The summed E-state index contributed by atoms with van der Waals surface area (Å²) >= 11 is 0. The predicted molar refractivity (Wildman–Crippen MR) is 75.8 cm³/mol. The van der Waals surface area contributed by atoms with E-state index in [1.807, 2.05) is 0 Å². The molecule has 9 nitrogen and oxygen atoms in total. The average Bonchev–Trinajstić information content (AvgIpc) is 2.47. The molecule has 9 heteroatoms. The minimum Gasteiger partial charge on any atom is -0.503 e. The normalized spacial score (nSPS) is 14.9. The highest BCUT2D eigenvalue weighted by Gasteiger charge is 2.31. The van der Waals surface area contributed by atoms with Crippen LogP contribution in [0.2, 0.25) is 0 Å². The van der Waals surface area contributed by atoms with E-state index in [-0.39, 0.29) is 23.8 Å². The first-order valence-corrected chi connectivity index (χ1v) is 6.70. The van der Waals surface area contributed by atoms with Crippen LogP contribution < -0.4 is 10.7 Å². The molecule has 2 rings (SSSR count). The monoisotopic (exact) mass is 310 g/mol. The number of aromatic nitrogens is 1. The number of aromatic hydroxyl groups is 1. The summed E-state index contributed by atoms with van der Waals surface area (Å²) in [5, 5.41) is 24.6. The fourth-order valence-electron chi connectivity index (χ4n) is 2.29. The Balaban J connectivity index is 2.32. The summed E-state index contributed by atoms with van der Waals surface area (Å²) in [4.78, 5) is 35.0. The van der Waals surface area contributed by atoms with Crippen LogP contribution in [0, 0.1) is 0 Å². The van der Waals surface area contributed by atoms with Crippen molar-refractivity contribution in [1.82, 2.24) is 19.9 Å². The SMILES string of the molecule is CC(=O)NCCN1Cn2cc(CO)c(=O)c(O)c2C(=O)N1C. The van der Waals surface area contributed by atoms with Gasteiger partial charge in [0.15, 0.2) is 11.4 Å². The van der Waals surface area contributed by atoms with Crippen LogP contribution in [0.4, 0.5) is 0 Å². The van der Waals surface area contributed by atoms with Gasteiger partial charge in [-0.2, -0.15) is 5.01 Å². The van der Waals surface area contributed by atoms with E-state index in [1.165, 1.54) is 29.7 Å². The number of fused-ring (bicyclic) bond motifs is 1. The maximum atomic E-state index is 12.3. The maximum Gasteiger partial charge on any atom is 0.288 e. The fourth-order valence-corrected chi connectivity index (χ4v) is 2.29. The molecule has 120 valence electrons. The molecule has 0 aromatic carbocycles. The number of amides is 2. The van der Waals surface area contributed by atoms with Crippen LogP contribution >= 0.6 is 0 Å². The standard InChI is InChI=1S/C13H18N4O5/c1-8(19)14-3-4-17-7-16-5-9(6-18)11(20)12(21)10(16)13(22)15(17)2/h5,18,21H,3-4,6-7H2,1-2H3,(H,14,19). The minimum atomic E-state index is -0.748. The zero-order valence-electron chi connectivity index (χ0n) is 12.4. The quantitative estimate of drug-likeness (QED) is 0.620. The van der Waals surface area contributed by atoms with Gasteiger partial charge in [-0.25, -0.2) is 0 Å². The molecular weight excluding hydrogens is 292 g/mol. The van der Waals surface area contributed by atoms with Crippen molar-refractivity contribution < 1.29 is 19.8 Å². The van der Waals surface area contributed by atoms with Gasteiger partial charge >= 0.3 is 0 Å². The molecule has 0 aliphatic carbocycles. The number of hydrazine groups is 1. The van der Waals surface area contributed by atoms with Crippen LogP contribution in [0.15, 0.2) is 11.0 Å². The van der Waals surface area contributed by atoms with Gasteiger partial charge in [0, 0.05) is 38.8 Å². The number of aliphatic hydroxyl groups is 1. The molecule has 22 heavy (non-hydrogen) atoms. The van der Waals surface area contributed by atoms with Crippen molar-refractivity contribution in [3.63, 3.8) is 0 Å². The Morgan fingerprint density at radius 3 is 2.68 bits per heavy atom. The van der Waals surface area contributed by atoms with Gasteiger partial charge in [0.2, 0.25) is 11.3 Å². The number of carbonyl (C=O) groups excluding carboxylic acids is 2. The lowest BCUT2D eigenvalue weighted by Gasteiger charge is -2.38. The molecule has 1 aliphatic rings. The van der Waals surface area contributed by atoms with Crippen LogP contribution in [0.25, 0.3) is 0 Å². The number of carbonyl (C=O) groups is 2. The average molecular weight is 310 g/mol. The lowest BCUT2D eigenvalue weighted by molar-refractivity contribution is -0.119. The second-order valence-corrected chi connectivity index (χ2v) is 4.99. The molecule has 0 saturated heterocycles. The molecule has 1 aromatic rings. The van der Waals surface area contributed by atoms with Gasteiger partial charge in [-0.1, -0.05) is 0 Å². The van der Waals surface area contributed by atoms with Gasteiger partial charge in [0.05, 0.1) is 13.3 Å². The molecule has 0 fully saturated rings. The van der Waals surface area contributed by atoms with Gasteiger partial charge in [-0.3, -0.25) is 19.4 Å². The first-order chi connectivity index (χ1) is 10.4. The number of nitrogens with one attached hydrogen (secondary N) is 1. The van der Waals surface area contributed by atoms with E-state index in [2.05, 4.69) is 5.32 Å². The summed E-state index contributed by atoms with van der Waals surface area (Å²) < 4.78 is 1.42. The molecule has 0 spiro atoms. The molecule has 0 bridgehead atoms. The Bertz CT molecular complexity index is 669. The van der Waals surface area contributed by atoms with E-state index in [1.54, 1.807) is 5.01 Å². The van der Waals surface area contributed by atoms with E-state index in [4.69, 9.17) is 5.11 Å². The maximum absolute atomic E-state index is 12.3. The predicted octanol–water partition coefficient (Wildman–Crippen LogP) is -1.56. The summed E-state index contributed by atoms with van der Waals surface area (Å²) in [6.45, 7) is 1.81. The number of nitrogens with zero attached hydrogens (tertiary/aromatic N) is 3. The number of pyridine rings is 1. The Morgan fingerprint density at radius 1 is 1.41 bits per heavy atom. The van der Waals surface area contributed by atoms with Crippen molar-refractivity contribution in [3.05, 3.63) is 27.7 Å². The molecule has 1 aliphatic heterocycles. The van der Waals surface area contributed by atoms with Crippen molar-refractivity contribution in [3.8, 4) is 5.75 Å². The number of hydrogen-bond acceptors (Lipinski definition) is 6. The van der Waals surface area contributed by atoms with Gasteiger partial charge in [-0.05, 0) is 0 Å². The molecular formula is C13H18N4O5. The van der Waals surface area contributed by atoms with Gasteiger partial charge in [-0.15, -0.1) is 0 Å². The first kappa shape index (κ1) is 16.0. The Morgan fingerprint density at radius 2 is 2.09 bits per heavy atom. The minimum absolute atomic E-state index is 0.0143. The molecule has 0 atom stereocenters. The van der Waals surface area contributed by atoms with E-state index in [0.717, 1.165) is 0 Å². The van der Waals surface area contributed by atoms with Crippen LogP contribution in [-0.4, -0.2) is 56.7 Å². The smallest absolute Gasteiger partial charge is 0.288 e. The Hall–Kier alpha value is -2.39. The largest absolute Gasteiger partial charge is 0.503 e. The lowest BCUT2D eigenvalue weighted by atomic mass is 10.2. The van der Waals surface area contributed by atoms with E-state index < -0.39 is 23.7 Å². The summed E-state index contributed by atoms with van der Waals surface area (Å²) in [6, 6.07) is 0. The van der Waals surface area contributed by atoms with Crippen molar-refractivity contribution >= 4 is 11.8 Å². The van der Waals surface area contributed by atoms with Crippen molar-refractivity contribution in [2.24, 2.45) is 0 Å². The fraction of sp³-hybridized carbons (Fsp3) is 0.462. The summed E-state index contributed by atoms with van der Waals surface area (Å²) in [6.07, 6.45) is 1.35. The molecule has 0 radical (unpaired) electrons. The van der Waals surface area contributed by atoms with Crippen molar-refractivity contribution in [2.45, 2.75) is 20.2 Å². The topological polar surface area (TPSA) is 115 Å². The third-order valence-electron chi connectivity index (χ3n) is 3.48. The van der Waals surface area contributed by atoms with Crippen molar-refractivity contribution in [1.29, 1.82) is 0 Å². The van der Waals surface area contributed by atoms with Gasteiger partial charge < -0.3 is 20.1 Å². The molecule has 3 N–H and O–H groups in total.